The van der Waals surface area contributed by atoms with Gasteiger partial charge >= 0.3 is 0 Å². The maximum absolute atomic E-state index is 11.5. The maximum atomic E-state index is 11.5. The lowest BCUT2D eigenvalue weighted by Crippen LogP contribution is -2.22. The lowest BCUT2D eigenvalue weighted by molar-refractivity contribution is 0.108. The van der Waals surface area contributed by atoms with Crippen molar-refractivity contribution in [3.05, 3.63) is 22.2 Å². The molecule has 1 aliphatic rings. The minimum absolute atomic E-state index is 0.105. The van der Waals surface area contributed by atoms with Crippen LogP contribution < -0.4 is 10.9 Å². The molecule has 1 aliphatic heterocycles. The van der Waals surface area contributed by atoms with E-state index in [9.17, 15) is 4.79 Å². The van der Waals surface area contributed by atoms with E-state index in [1.54, 1.807) is 0 Å². The molecule has 0 aromatic carbocycles. The average Bonchev–Trinajstić information content (AvgIpc) is 2.71. The first-order valence-electron chi connectivity index (χ1n) is 6.53. The second-order valence-corrected chi connectivity index (χ2v) is 5.18. The molecule has 5 nitrogen and oxygen atoms in total. The summed E-state index contributed by atoms with van der Waals surface area (Å²) in [4.78, 5) is 18.7. The summed E-state index contributed by atoms with van der Waals surface area (Å²) in [5, 5.41) is 3.24. The van der Waals surface area contributed by atoms with Crippen LogP contribution in [0.2, 0.25) is 0 Å². The van der Waals surface area contributed by atoms with E-state index in [1.807, 2.05) is 13.8 Å². The lowest BCUT2D eigenvalue weighted by Gasteiger charge is -2.15. The normalized spacial score (nSPS) is 23.6. The summed E-state index contributed by atoms with van der Waals surface area (Å²) in [7, 11) is 0. The van der Waals surface area contributed by atoms with E-state index in [-0.39, 0.29) is 17.6 Å². The van der Waals surface area contributed by atoms with Crippen molar-refractivity contribution in [2.45, 2.75) is 39.2 Å². The van der Waals surface area contributed by atoms with Gasteiger partial charge in [0.1, 0.15) is 11.6 Å². The molecule has 0 saturated carbocycles. The molecule has 2 unspecified atom stereocenters. The van der Waals surface area contributed by atoms with Crippen LogP contribution in [0.3, 0.4) is 0 Å². The van der Waals surface area contributed by atoms with Crippen molar-refractivity contribution < 1.29 is 4.74 Å². The number of anilines is 1. The number of rotatable bonds is 4. The highest BCUT2D eigenvalue weighted by Crippen LogP contribution is 2.20. The van der Waals surface area contributed by atoms with Gasteiger partial charge in [0.15, 0.2) is 0 Å². The number of aromatic amines is 1. The number of nitrogens with zero attached hydrogens (tertiary/aromatic N) is 1. The molecule has 0 radical (unpaired) electrons. The van der Waals surface area contributed by atoms with E-state index < -0.39 is 0 Å². The van der Waals surface area contributed by atoms with E-state index in [1.165, 1.54) is 6.07 Å². The first-order chi connectivity index (χ1) is 8.56. The molecule has 5 heteroatoms. The highest BCUT2D eigenvalue weighted by Gasteiger charge is 2.23. The molecule has 100 valence electrons. The summed E-state index contributed by atoms with van der Waals surface area (Å²) < 4.78 is 5.51. The molecular weight excluding hydrogens is 230 g/mol. The van der Waals surface area contributed by atoms with Crippen molar-refractivity contribution in [1.82, 2.24) is 9.97 Å². The van der Waals surface area contributed by atoms with Crippen LogP contribution in [-0.4, -0.2) is 29.2 Å². The monoisotopic (exact) mass is 251 g/mol. The molecule has 0 bridgehead atoms. The van der Waals surface area contributed by atoms with Crippen LogP contribution in [0, 0.1) is 5.92 Å². The SMILES string of the molecule is CC(C)c1nc(NCC2CCOC2C)cc(=O)[nH]1. The third kappa shape index (κ3) is 3.10. The Morgan fingerprint density at radius 1 is 1.61 bits per heavy atom. The van der Waals surface area contributed by atoms with Crippen LogP contribution in [-0.2, 0) is 4.74 Å². The Kier molecular flexibility index (Phi) is 4.01. The van der Waals surface area contributed by atoms with Gasteiger partial charge in [0.2, 0.25) is 0 Å². The van der Waals surface area contributed by atoms with Crippen molar-refractivity contribution in [3.8, 4) is 0 Å². The van der Waals surface area contributed by atoms with Gasteiger partial charge in [0.25, 0.3) is 5.56 Å². The molecule has 18 heavy (non-hydrogen) atoms. The molecule has 1 fully saturated rings. The van der Waals surface area contributed by atoms with Gasteiger partial charge in [-0.2, -0.15) is 0 Å². The van der Waals surface area contributed by atoms with Crippen LogP contribution in [0.1, 0.15) is 38.9 Å². The summed E-state index contributed by atoms with van der Waals surface area (Å²) in [6.07, 6.45) is 1.35. The minimum atomic E-state index is -0.105. The highest BCUT2D eigenvalue weighted by molar-refractivity contribution is 5.33. The molecule has 0 spiro atoms. The van der Waals surface area contributed by atoms with Crippen LogP contribution >= 0.6 is 0 Å². The summed E-state index contributed by atoms with van der Waals surface area (Å²) in [5.74, 6) is 2.09. The van der Waals surface area contributed by atoms with Gasteiger partial charge < -0.3 is 15.0 Å². The fourth-order valence-corrected chi connectivity index (χ4v) is 2.12. The van der Waals surface area contributed by atoms with Crippen molar-refractivity contribution in [1.29, 1.82) is 0 Å². The molecule has 1 aromatic rings. The maximum Gasteiger partial charge on any atom is 0.252 e. The van der Waals surface area contributed by atoms with Gasteiger partial charge in [-0.1, -0.05) is 13.8 Å². The fourth-order valence-electron chi connectivity index (χ4n) is 2.12. The molecule has 2 rings (SSSR count). The van der Waals surface area contributed by atoms with E-state index in [0.717, 1.165) is 25.4 Å². The molecule has 2 N–H and O–H groups in total. The Balaban J connectivity index is 2.02. The van der Waals surface area contributed by atoms with E-state index in [2.05, 4.69) is 22.2 Å². The number of ether oxygens (including phenoxy) is 1. The second kappa shape index (κ2) is 5.52. The van der Waals surface area contributed by atoms with E-state index >= 15 is 0 Å². The topological polar surface area (TPSA) is 67.0 Å². The molecule has 0 amide bonds. The fraction of sp³-hybridized carbons (Fsp3) is 0.692. The number of hydrogen-bond donors (Lipinski definition) is 2. The summed E-state index contributed by atoms with van der Waals surface area (Å²) >= 11 is 0. The van der Waals surface area contributed by atoms with Crippen molar-refractivity contribution in [3.63, 3.8) is 0 Å². The zero-order valence-electron chi connectivity index (χ0n) is 11.2. The zero-order chi connectivity index (χ0) is 13.1. The quantitative estimate of drug-likeness (QED) is 0.855. The largest absolute Gasteiger partial charge is 0.378 e. The number of hydrogen-bond acceptors (Lipinski definition) is 4. The van der Waals surface area contributed by atoms with Gasteiger partial charge in [-0.3, -0.25) is 4.79 Å². The van der Waals surface area contributed by atoms with Crippen molar-refractivity contribution in [2.75, 3.05) is 18.5 Å². The summed E-state index contributed by atoms with van der Waals surface area (Å²) in [6.45, 7) is 7.73. The molecule has 0 aliphatic carbocycles. The van der Waals surface area contributed by atoms with Gasteiger partial charge in [0, 0.05) is 31.1 Å². The van der Waals surface area contributed by atoms with Crippen LogP contribution in [0.4, 0.5) is 5.82 Å². The Bertz CT molecular complexity index is 456. The first-order valence-corrected chi connectivity index (χ1v) is 6.53. The predicted octanol–water partition coefficient (Wildman–Crippen LogP) is 1.73. The molecule has 2 heterocycles. The Morgan fingerprint density at radius 3 is 3.00 bits per heavy atom. The number of H-pyrrole nitrogens is 1. The first kappa shape index (κ1) is 13.1. The van der Waals surface area contributed by atoms with Crippen molar-refractivity contribution >= 4 is 5.82 Å². The highest BCUT2D eigenvalue weighted by atomic mass is 16.5. The van der Waals surface area contributed by atoms with Gasteiger partial charge in [0.05, 0.1) is 6.10 Å². The molecule has 1 saturated heterocycles. The predicted molar refractivity (Wildman–Crippen MR) is 71.0 cm³/mol. The second-order valence-electron chi connectivity index (χ2n) is 5.18. The number of nitrogens with one attached hydrogen (secondary N) is 2. The van der Waals surface area contributed by atoms with Crippen LogP contribution in [0.5, 0.6) is 0 Å². The van der Waals surface area contributed by atoms with Crippen LogP contribution in [0.25, 0.3) is 0 Å². The minimum Gasteiger partial charge on any atom is -0.378 e. The smallest absolute Gasteiger partial charge is 0.252 e. The molecule has 1 aromatic heterocycles. The van der Waals surface area contributed by atoms with Gasteiger partial charge in [-0.15, -0.1) is 0 Å². The Labute approximate surface area is 107 Å². The van der Waals surface area contributed by atoms with Crippen molar-refractivity contribution in [2.24, 2.45) is 5.92 Å². The van der Waals surface area contributed by atoms with Gasteiger partial charge in [-0.25, -0.2) is 4.98 Å². The summed E-state index contributed by atoms with van der Waals surface area (Å²) in [6, 6.07) is 1.51. The lowest BCUT2D eigenvalue weighted by atomic mass is 10.0. The average molecular weight is 251 g/mol. The number of aromatic nitrogens is 2. The summed E-state index contributed by atoms with van der Waals surface area (Å²) in [5.41, 5.74) is -0.105. The Hall–Kier alpha value is -1.36. The third-order valence-electron chi connectivity index (χ3n) is 3.39. The molecular formula is C13H21N3O2. The van der Waals surface area contributed by atoms with Crippen LogP contribution in [0.15, 0.2) is 10.9 Å². The zero-order valence-corrected chi connectivity index (χ0v) is 11.2. The Morgan fingerprint density at radius 2 is 2.39 bits per heavy atom. The standard InChI is InChI=1S/C13H21N3O2/c1-8(2)13-15-11(6-12(17)16-13)14-7-10-4-5-18-9(10)3/h6,8-10H,4-5,7H2,1-3H3,(H2,14,15,16,17). The van der Waals surface area contributed by atoms with E-state index in [0.29, 0.717) is 11.7 Å². The third-order valence-corrected chi connectivity index (χ3v) is 3.39. The van der Waals surface area contributed by atoms with Gasteiger partial charge in [-0.05, 0) is 13.3 Å². The van der Waals surface area contributed by atoms with E-state index in [4.69, 9.17) is 4.74 Å². The molecule has 2 atom stereocenters.